The third-order valence-corrected chi connectivity index (χ3v) is 3.91. The third kappa shape index (κ3) is 2.33. The zero-order valence-electron chi connectivity index (χ0n) is 10.7. The van der Waals surface area contributed by atoms with Gasteiger partial charge in [-0.05, 0) is 23.8 Å². The summed E-state index contributed by atoms with van der Waals surface area (Å²) < 4.78 is 0. The molecular weight excluding hydrogens is 322 g/mol. The number of hydrogen-bond donors (Lipinski definition) is 6. The van der Waals surface area contributed by atoms with E-state index in [-0.39, 0.29) is 4.95 Å². The minimum absolute atomic E-state index is 0.000638. The highest BCUT2D eigenvalue weighted by atomic mass is 79.9. The van der Waals surface area contributed by atoms with Crippen molar-refractivity contribution in [2.24, 2.45) is 10.7 Å². The van der Waals surface area contributed by atoms with Gasteiger partial charge in [-0.25, -0.2) is 10.4 Å². The summed E-state index contributed by atoms with van der Waals surface area (Å²) in [6, 6.07) is 5.70. The molecule has 1 unspecified atom stereocenters. The molecule has 1 aromatic carbocycles. The molecular formula is C12H16BrN7. The van der Waals surface area contributed by atoms with E-state index in [0.717, 1.165) is 28.5 Å². The minimum Gasteiger partial charge on any atom is -0.398 e. The third-order valence-electron chi connectivity index (χ3n) is 3.22. The summed E-state index contributed by atoms with van der Waals surface area (Å²) >= 11 is 3.54. The van der Waals surface area contributed by atoms with Gasteiger partial charge in [0.25, 0.3) is 0 Å². The fourth-order valence-corrected chi connectivity index (χ4v) is 2.73. The topological polar surface area (TPSA) is 113 Å². The Balaban J connectivity index is 1.86. The van der Waals surface area contributed by atoms with Crippen molar-refractivity contribution < 1.29 is 0 Å². The monoisotopic (exact) mass is 337 g/mol. The molecule has 1 aromatic rings. The number of alkyl halides is 1. The van der Waals surface area contributed by atoms with Crippen LogP contribution in [0.3, 0.4) is 0 Å². The molecule has 20 heavy (non-hydrogen) atoms. The van der Waals surface area contributed by atoms with Crippen LogP contribution < -0.4 is 33.0 Å². The van der Waals surface area contributed by atoms with Crippen molar-refractivity contribution in [2.75, 3.05) is 17.7 Å². The second kappa shape index (κ2) is 5.31. The van der Waals surface area contributed by atoms with Crippen LogP contribution in [0.1, 0.15) is 5.56 Å². The maximum absolute atomic E-state index is 5.86. The Morgan fingerprint density at radius 2 is 2.30 bits per heavy atom. The Kier molecular flexibility index (Phi) is 3.51. The Hall–Kier alpha value is -1.77. The minimum atomic E-state index is -0.000638. The number of halogens is 1. The molecule has 0 saturated carbocycles. The Morgan fingerprint density at radius 3 is 3.10 bits per heavy atom. The molecule has 0 spiro atoms. The summed E-state index contributed by atoms with van der Waals surface area (Å²) in [7, 11) is 0. The first-order valence-electron chi connectivity index (χ1n) is 6.23. The van der Waals surface area contributed by atoms with Crippen LogP contribution in [0.25, 0.3) is 0 Å². The van der Waals surface area contributed by atoms with Crippen LogP contribution in [0.15, 0.2) is 34.6 Å². The highest BCUT2D eigenvalue weighted by Gasteiger charge is 2.29. The molecule has 106 valence electrons. The molecule has 8 N–H and O–H groups in total. The summed E-state index contributed by atoms with van der Waals surface area (Å²) in [5.74, 6) is 1.74. The lowest BCUT2D eigenvalue weighted by Gasteiger charge is -2.19. The van der Waals surface area contributed by atoms with Crippen molar-refractivity contribution in [3.8, 4) is 0 Å². The molecule has 2 aliphatic heterocycles. The second-order valence-electron chi connectivity index (χ2n) is 4.50. The summed E-state index contributed by atoms with van der Waals surface area (Å²) in [5, 5.41) is 6.48. The average Bonchev–Trinajstić information content (AvgIpc) is 2.84. The van der Waals surface area contributed by atoms with Crippen LogP contribution in [-0.4, -0.2) is 17.5 Å². The van der Waals surface area contributed by atoms with Gasteiger partial charge in [-0.2, -0.15) is 0 Å². The van der Waals surface area contributed by atoms with E-state index in [1.165, 1.54) is 0 Å². The standard InChI is InChI=1S/C12H16BrN7/c13-10-9-11(16-5-17-12(9)20-19-10)18-7-1-2-8(15)6(3-7)4-14/h1-3,10,17,19-20H,4-5,14-15H2,(H,16,18). The smallest absolute Gasteiger partial charge is 0.136 e. The van der Waals surface area contributed by atoms with Crippen molar-refractivity contribution in [3.05, 3.63) is 35.2 Å². The first kappa shape index (κ1) is 13.2. The highest BCUT2D eigenvalue weighted by molar-refractivity contribution is 9.09. The van der Waals surface area contributed by atoms with Crippen molar-refractivity contribution in [2.45, 2.75) is 11.5 Å². The predicted molar refractivity (Wildman–Crippen MR) is 83.8 cm³/mol. The lowest BCUT2D eigenvalue weighted by Crippen LogP contribution is -2.33. The average molecular weight is 338 g/mol. The van der Waals surface area contributed by atoms with Gasteiger partial charge in [0.2, 0.25) is 0 Å². The largest absolute Gasteiger partial charge is 0.398 e. The molecule has 0 radical (unpaired) electrons. The van der Waals surface area contributed by atoms with E-state index in [0.29, 0.717) is 18.9 Å². The number of benzene rings is 1. The maximum atomic E-state index is 5.86. The van der Waals surface area contributed by atoms with Crippen LogP contribution in [0.5, 0.6) is 0 Å². The van der Waals surface area contributed by atoms with E-state index < -0.39 is 0 Å². The fraction of sp³-hybridized carbons (Fsp3) is 0.250. The van der Waals surface area contributed by atoms with Crippen LogP contribution in [0.4, 0.5) is 11.4 Å². The molecule has 0 saturated heterocycles. The Morgan fingerprint density at radius 1 is 1.45 bits per heavy atom. The number of nitrogens with one attached hydrogen (secondary N) is 4. The van der Waals surface area contributed by atoms with Gasteiger partial charge in [0.05, 0.1) is 5.57 Å². The SMILES string of the molecule is NCc1cc(NC2=NCNC3=C2C(Br)NN3)ccc1N. The molecule has 0 aromatic heterocycles. The second-order valence-corrected chi connectivity index (χ2v) is 5.42. The van der Waals surface area contributed by atoms with Crippen molar-refractivity contribution in [1.29, 1.82) is 0 Å². The summed E-state index contributed by atoms with van der Waals surface area (Å²) in [6.07, 6.45) is 0. The molecule has 0 amide bonds. The first-order chi connectivity index (χ1) is 9.69. The van der Waals surface area contributed by atoms with E-state index in [1.54, 1.807) is 0 Å². The van der Waals surface area contributed by atoms with Gasteiger partial charge in [0, 0.05) is 17.9 Å². The number of nitrogens with two attached hydrogens (primary N) is 2. The Bertz CT molecular complexity index is 595. The molecule has 2 heterocycles. The maximum Gasteiger partial charge on any atom is 0.136 e. The van der Waals surface area contributed by atoms with Crippen LogP contribution in [0, 0.1) is 0 Å². The summed E-state index contributed by atoms with van der Waals surface area (Å²) in [5.41, 5.74) is 21.2. The zero-order valence-corrected chi connectivity index (χ0v) is 12.3. The quantitative estimate of drug-likeness (QED) is 0.260. The van der Waals surface area contributed by atoms with E-state index in [2.05, 4.69) is 42.4 Å². The van der Waals surface area contributed by atoms with Gasteiger partial charge in [0.15, 0.2) is 0 Å². The van der Waals surface area contributed by atoms with Crippen molar-refractivity contribution in [1.82, 2.24) is 16.2 Å². The van der Waals surface area contributed by atoms with Gasteiger partial charge in [-0.1, -0.05) is 15.9 Å². The van der Waals surface area contributed by atoms with Gasteiger partial charge in [0.1, 0.15) is 23.3 Å². The molecule has 3 rings (SSSR count). The van der Waals surface area contributed by atoms with Gasteiger partial charge >= 0.3 is 0 Å². The first-order valence-corrected chi connectivity index (χ1v) is 7.14. The lowest BCUT2D eigenvalue weighted by atomic mass is 10.1. The van der Waals surface area contributed by atoms with Crippen LogP contribution in [-0.2, 0) is 6.54 Å². The number of amidine groups is 1. The number of rotatable bonds is 2. The van der Waals surface area contributed by atoms with Gasteiger partial charge in [-0.3, -0.25) is 0 Å². The molecule has 0 aliphatic carbocycles. The van der Waals surface area contributed by atoms with Gasteiger partial charge < -0.3 is 27.5 Å². The van der Waals surface area contributed by atoms with E-state index in [4.69, 9.17) is 11.5 Å². The van der Waals surface area contributed by atoms with Gasteiger partial charge in [-0.15, -0.1) is 0 Å². The normalized spacial score (nSPS) is 20.9. The van der Waals surface area contributed by atoms with E-state index in [9.17, 15) is 0 Å². The fourth-order valence-electron chi connectivity index (χ4n) is 2.17. The molecule has 0 bridgehead atoms. The van der Waals surface area contributed by atoms with Crippen molar-refractivity contribution in [3.63, 3.8) is 0 Å². The molecule has 1 atom stereocenters. The van der Waals surface area contributed by atoms with Crippen molar-refractivity contribution >= 4 is 33.1 Å². The Labute approximate surface area is 125 Å². The van der Waals surface area contributed by atoms with Crippen LogP contribution >= 0.6 is 15.9 Å². The number of anilines is 2. The summed E-state index contributed by atoms with van der Waals surface area (Å²) in [4.78, 5) is 4.46. The number of hydrazine groups is 1. The number of nitrogens with zero attached hydrogens (tertiary/aromatic N) is 1. The predicted octanol–water partition coefficient (Wildman–Crippen LogP) is 0.139. The summed E-state index contributed by atoms with van der Waals surface area (Å²) in [6.45, 7) is 0.932. The van der Waals surface area contributed by atoms with E-state index in [1.807, 2.05) is 18.2 Å². The van der Waals surface area contributed by atoms with Crippen LogP contribution in [0.2, 0.25) is 0 Å². The van der Waals surface area contributed by atoms with E-state index >= 15 is 0 Å². The molecule has 8 heteroatoms. The zero-order chi connectivity index (χ0) is 14.1. The molecule has 0 fully saturated rings. The number of aliphatic imine (C=N–C) groups is 1. The highest BCUT2D eigenvalue weighted by Crippen LogP contribution is 2.23. The lowest BCUT2D eigenvalue weighted by molar-refractivity contribution is 0.634. The number of nitrogen functional groups attached to an aromatic ring is 1. The molecule has 7 nitrogen and oxygen atoms in total. The molecule has 2 aliphatic rings. The number of hydrogen-bond acceptors (Lipinski definition) is 7.